The summed E-state index contributed by atoms with van der Waals surface area (Å²) in [5, 5.41) is 0. The number of carbonyl (C=O) groups excluding carboxylic acids is 1. The molecule has 174 valence electrons. The second-order valence-corrected chi connectivity index (χ2v) is 7.50. The Bertz CT molecular complexity index is 1310. The topological polar surface area (TPSA) is 26.3 Å². The Morgan fingerprint density at radius 1 is 0.600 bits per heavy atom. The van der Waals surface area contributed by atoms with Crippen molar-refractivity contribution in [3.63, 3.8) is 0 Å². The van der Waals surface area contributed by atoms with Crippen LogP contribution in [0.5, 0.6) is 0 Å². The third-order valence-electron chi connectivity index (χ3n) is 5.23. The second-order valence-electron chi connectivity index (χ2n) is 7.50. The van der Waals surface area contributed by atoms with Crippen molar-refractivity contribution in [3.8, 4) is 0 Å². The summed E-state index contributed by atoms with van der Waals surface area (Å²) in [6.45, 7) is -1.03. The molecule has 0 aliphatic heterocycles. The number of carbonyl (C=O) groups is 1. The highest BCUT2D eigenvalue weighted by Gasteiger charge is 2.32. The number of hydrogen-bond donors (Lipinski definition) is 0. The van der Waals surface area contributed by atoms with Crippen LogP contribution in [0.4, 0.5) is 22.0 Å². The largest absolute Gasteiger partial charge is 0.551 e. The minimum Gasteiger partial charge on any atom is -0.551 e. The molecule has 0 heterocycles. The minimum absolute atomic E-state index is 0.133. The van der Waals surface area contributed by atoms with Gasteiger partial charge in [-0.15, -0.1) is 0 Å². The van der Waals surface area contributed by atoms with Crippen LogP contribution >= 0.6 is 0 Å². The summed E-state index contributed by atoms with van der Waals surface area (Å²) in [7, 11) is 0. The summed E-state index contributed by atoms with van der Waals surface area (Å²) in [5.74, 6) is -12.3. The number of hydrogen-bond acceptors (Lipinski definition) is 2. The smallest absolute Gasteiger partial charge is 0.426 e. The Morgan fingerprint density at radius 3 is 1.46 bits per heavy atom. The van der Waals surface area contributed by atoms with Crippen LogP contribution in [0.3, 0.4) is 0 Å². The Kier molecular flexibility index (Phi) is 7.10. The lowest BCUT2D eigenvalue weighted by Crippen LogP contribution is -2.44. The standard InChI is InChI=1S/C27H16BF5O2/c29-23-22(24(30)26(32)27(33)25(23)31)21(16-20(34)17-10-4-1-5-11-17)35-28(18-12-6-2-7-13-18)19-14-8-3-9-15-19/h1-16H/b21-16-. The molecule has 4 rings (SSSR count). The maximum absolute atomic E-state index is 14.8. The molecule has 0 radical (unpaired) electrons. The molecular formula is C27H16BF5O2. The average Bonchev–Trinajstić information content (AvgIpc) is 2.90. The van der Waals surface area contributed by atoms with E-state index >= 15 is 0 Å². The summed E-state index contributed by atoms with van der Waals surface area (Å²) in [6.07, 6.45) is 0.729. The summed E-state index contributed by atoms with van der Waals surface area (Å²) in [4.78, 5) is 12.9. The average molecular weight is 478 g/mol. The minimum atomic E-state index is -2.31. The summed E-state index contributed by atoms with van der Waals surface area (Å²) in [5.41, 5.74) is -0.141. The molecule has 0 amide bonds. The van der Waals surface area contributed by atoms with Gasteiger partial charge in [0.1, 0.15) is 5.76 Å². The molecule has 0 fully saturated rings. The van der Waals surface area contributed by atoms with Crippen LogP contribution in [-0.2, 0) is 4.65 Å². The van der Waals surface area contributed by atoms with E-state index in [0.29, 0.717) is 10.9 Å². The van der Waals surface area contributed by atoms with Crippen LogP contribution in [0, 0.1) is 29.1 Å². The highest BCUT2D eigenvalue weighted by molar-refractivity contribution is 6.80. The van der Waals surface area contributed by atoms with Crippen LogP contribution < -0.4 is 10.9 Å². The highest BCUT2D eigenvalue weighted by atomic mass is 19.2. The van der Waals surface area contributed by atoms with Gasteiger partial charge in [0.05, 0.1) is 5.56 Å². The zero-order valence-electron chi connectivity index (χ0n) is 18.0. The van der Waals surface area contributed by atoms with E-state index in [1.807, 2.05) is 0 Å². The Labute approximate surface area is 198 Å². The SMILES string of the molecule is O=C(/C=C(\OB(c1ccccc1)c1ccccc1)c1c(F)c(F)c(F)c(F)c1F)c1ccccc1. The zero-order valence-corrected chi connectivity index (χ0v) is 18.0. The van der Waals surface area contributed by atoms with E-state index in [1.54, 1.807) is 78.9 Å². The van der Waals surface area contributed by atoms with Gasteiger partial charge in [-0.3, -0.25) is 4.79 Å². The van der Waals surface area contributed by atoms with E-state index in [4.69, 9.17) is 4.65 Å². The van der Waals surface area contributed by atoms with Gasteiger partial charge in [0.25, 0.3) is 0 Å². The maximum atomic E-state index is 14.8. The van der Waals surface area contributed by atoms with Crippen molar-refractivity contribution in [1.29, 1.82) is 0 Å². The molecule has 0 atom stereocenters. The van der Waals surface area contributed by atoms with E-state index in [-0.39, 0.29) is 5.56 Å². The van der Waals surface area contributed by atoms with Crippen molar-refractivity contribution >= 4 is 29.4 Å². The molecule has 4 aromatic rings. The van der Waals surface area contributed by atoms with Gasteiger partial charge < -0.3 is 4.65 Å². The molecule has 4 aromatic carbocycles. The number of rotatable bonds is 7. The Hall–Kier alpha value is -4.20. The predicted octanol–water partition coefficient (Wildman–Crippen LogP) is 5.43. The molecule has 0 bridgehead atoms. The third-order valence-corrected chi connectivity index (χ3v) is 5.23. The van der Waals surface area contributed by atoms with E-state index in [2.05, 4.69) is 0 Å². The summed E-state index contributed by atoms with van der Waals surface area (Å²) >= 11 is 0. The van der Waals surface area contributed by atoms with Crippen molar-refractivity contribution in [3.05, 3.63) is 137 Å². The van der Waals surface area contributed by atoms with Crippen molar-refractivity contribution in [2.24, 2.45) is 0 Å². The van der Waals surface area contributed by atoms with Gasteiger partial charge in [-0.25, -0.2) is 22.0 Å². The Balaban J connectivity index is 1.92. The van der Waals surface area contributed by atoms with Gasteiger partial charge in [-0.05, 0) is 10.9 Å². The molecule has 8 heteroatoms. The second kappa shape index (κ2) is 10.4. The quantitative estimate of drug-likeness (QED) is 0.0674. The first-order valence-electron chi connectivity index (χ1n) is 10.5. The molecule has 0 aliphatic rings. The first-order chi connectivity index (χ1) is 16.9. The molecular weight excluding hydrogens is 462 g/mol. The fraction of sp³-hybridized carbons (Fsp3) is 0. The molecule has 0 aromatic heterocycles. The summed E-state index contributed by atoms with van der Waals surface area (Å²) in [6, 6.07) is 24.7. The number of halogens is 5. The molecule has 0 saturated heterocycles. The van der Waals surface area contributed by atoms with Gasteiger partial charge in [-0.2, -0.15) is 0 Å². The molecule has 0 spiro atoms. The first-order valence-corrected chi connectivity index (χ1v) is 10.5. The van der Waals surface area contributed by atoms with Crippen molar-refractivity contribution in [2.75, 3.05) is 0 Å². The molecule has 0 unspecified atom stereocenters. The van der Waals surface area contributed by atoms with Crippen LogP contribution in [0.2, 0.25) is 0 Å². The van der Waals surface area contributed by atoms with E-state index < -0.39 is 53.1 Å². The monoisotopic (exact) mass is 478 g/mol. The molecule has 35 heavy (non-hydrogen) atoms. The summed E-state index contributed by atoms with van der Waals surface area (Å²) < 4.78 is 77.4. The van der Waals surface area contributed by atoms with Gasteiger partial charge in [0.2, 0.25) is 5.82 Å². The fourth-order valence-corrected chi connectivity index (χ4v) is 3.50. The van der Waals surface area contributed by atoms with Crippen molar-refractivity contribution in [1.82, 2.24) is 0 Å². The molecule has 0 saturated carbocycles. The normalized spacial score (nSPS) is 11.3. The zero-order chi connectivity index (χ0) is 24.9. The maximum Gasteiger partial charge on any atom is 0.426 e. The number of ketones is 1. The van der Waals surface area contributed by atoms with Crippen LogP contribution in [0.15, 0.2) is 97.1 Å². The van der Waals surface area contributed by atoms with Crippen LogP contribution in [0.25, 0.3) is 5.76 Å². The first kappa shape index (κ1) is 23.9. The van der Waals surface area contributed by atoms with Crippen molar-refractivity contribution < 1.29 is 31.4 Å². The van der Waals surface area contributed by atoms with E-state index in [1.165, 1.54) is 12.1 Å². The number of benzene rings is 4. The predicted molar refractivity (Wildman–Crippen MR) is 124 cm³/mol. The van der Waals surface area contributed by atoms with Crippen LogP contribution in [-0.4, -0.2) is 12.7 Å². The van der Waals surface area contributed by atoms with Crippen molar-refractivity contribution in [2.45, 2.75) is 0 Å². The number of allylic oxidation sites excluding steroid dienone is 1. The van der Waals surface area contributed by atoms with Crippen LogP contribution in [0.1, 0.15) is 15.9 Å². The third kappa shape index (κ3) is 5.01. The van der Waals surface area contributed by atoms with Gasteiger partial charge >= 0.3 is 6.92 Å². The van der Waals surface area contributed by atoms with Gasteiger partial charge in [0, 0.05) is 11.6 Å². The Morgan fingerprint density at radius 2 is 1.00 bits per heavy atom. The fourth-order valence-electron chi connectivity index (χ4n) is 3.50. The lowest BCUT2D eigenvalue weighted by atomic mass is 9.55. The molecule has 0 N–H and O–H groups in total. The lowest BCUT2D eigenvalue weighted by molar-refractivity contribution is 0.104. The van der Waals surface area contributed by atoms with Gasteiger partial charge in [-0.1, -0.05) is 91.0 Å². The van der Waals surface area contributed by atoms with Gasteiger partial charge in [0.15, 0.2) is 29.1 Å². The van der Waals surface area contributed by atoms with E-state index in [9.17, 15) is 26.7 Å². The van der Waals surface area contributed by atoms with E-state index in [0.717, 1.165) is 6.08 Å². The molecule has 2 nitrogen and oxygen atoms in total. The highest BCUT2D eigenvalue weighted by Crippen LogP contribution is 2.30. The molecule has 0 aliphatic carbocycles. The lowest BCUT2D eigenvalue weighted by Gasteiger charge is -2.20.